The molecule has 51 heavy (non-hydrogen) atoms. The van der Waals surface area contributed by atoms with E-state index < -0.39 is 0 Å². The molecule has 0 unspecified atom stereocenters. The van der Waals surface area contributed by atoms with Gasteiger partial charge in [0, 0.05) is 0 Å². The molecule has 4 aromatic carbocycles. The zero-order chi connectivity index (χ0) is 34.8. The zero-order valence-corrected chi connectivity index (χ0v) is 32.7. The van der Waals surface area contributed by atoms with E-state index in [2.05, 4.69) is 98.8 Å². The van der Waals surface area contributed by atoms with E-state index >= 15 is 0 Å². The molecule has 2 nitrogen and oxygen atoms in total. The van der Waals surface area contributed by atoms with Crippen LogP contribution in [-0.4, -0.2) is 14.5 Å². The van der Waals surface area contributed by atoms with Crippen molar-refractivity contribution < 1.29 is 8.83 Å². The Kier molecular flexibility index (Phi) is 12.5. The number of benzene rings is 4. The average Bonchev–Trinajstić information content (AvgIpc) is 3.86. The first kappa shape index (κ1) is 35.9. The van der Waals surface area contributed by atoms with Crippen LogP contribution in [0.4, 0.5) is 0 Å². The SMILES string of the molecule is CCCCCCCCCCc1ccc(-c2cc3cc4c(cc3o2)[se]c2cc3oc(-c5ccc(CCCCCCCCCC)cc5)cc3cc24)cc1. The van der Waals surface area contributed by atoms with Gasteiger partial charge >= 0.3 is 222 Å². The Bertz CT molecular complexity index is 1970. The quantitative estimate of drug-likeness (QED) is 0.0574. The van der Waals surface area contributed by atoms with Gasteiger partial charge in [-0.2, -0.15) is 0 Å². The summed E-state index contributed by atoms with van der Waals surface area (Å²) >= 11 is 0.223. The number of furan rings is 2. The Morgan fingerprint density at radius 1 is 0.412 bits per heavy atom. The molecule has 7 rings (SSSR count). The predicted octanol–water partition coefficient (Wildman–Crippen LogP) is 15.2. The van der Waals surface area contributed by atoms with E-state index in [1.807, 2.05) is 0 Å². The standard InChI is InChI=1S/C48H56O2Se/c1-3-5-7-9-11-13-15-17-19-35-21-25-37(26-22-35)43-31-39-29-41-42-30-40-32-44(50-46(40)34-48(42)51-47(41)33-45(39)49-43)38-27-23-36(24-28-38)20-18-16-14-12-10-8-6-4-2/h21-34H,3-20H2,1-2H3. The molecule has 0 amide bonds. The zero-order valence-electron chi connectivity index (χ0n) is 31.0. The van der Waals surface area contributed by atoms with Crippen molar-refractivity contribution in [3.63, 3.8) is 0 Å². The molecule has 0 bridgehead atoms. The van der Waals surface area contributed by atoms with Gasteiger partial charge in [-0.05, 0) is 0 Å². The molecule has 0 N–H and O–H groups in total. The first-order valence-corrected chi connectivity index (χ1v) is 21.9. The third-order valence-corrected chi connectivity index (χ3v) is 13.2. The Labute approximate surface area is 311 Å². The molecular formula is C48H56O2Se. The molecule has 266 valence electrons. The summed E-state index contributed by atoms with van der Waals surface area (Å²) in [5.41, 5.74) is 7.14. The van der Waals surface area contributed by atoms with Gasteiger partial charge in [-0.3, -0.25) is 0 Å². The minimum absolute atomic E-state index is 0.223. The van der Waals surface area contributed by atoms with Crippen molar-refractivity contribution in [3.8, 4) is 22.6 Å². The van der Waals surface area contributed by atoms with Gasteiger partial charge in [0.15, 0.2) is 0 Å². The summed E-state index contributed by atoms with van der Waals surface area (Å²) in [7, 11) is 0. The van der Waals surface area contributed by atoms with Crippen LogP contribution in [0.2, 0.25) is 0 Å². The molecule has 7 aromatic rings. The van der Waals surface area contributed by atoms with Crippen molar-refractivity contribution >= 4 is 55.7 Å². The molecule has 0 aliphatic carbocycles. The molecule has 0 saturated carbocycles. The number of aryl methyl sites for hydroxylation is 2. The number of rotatable bonds is 20. The van der Waals surface area contributed by atoms with Crippen LogP contribution in [0, 0.1) is 0 Å². The van der Waals surface area contributed by atoms with Crippen molar-refractivity contribution in [2.24, 2.45) is 0 Å². The summed E-state index contributed by atoms with van der Waals surface area (Å²) in [4.78, 5) is 0. The Balaban J connectivity index is 0.986. The van der Waals surface area contributed by atoms with E-state index in [1.54, 1.807) is 0 Å². The van der Waals surface area contributed by atoms with Gasteiger partial charge in [0.05, 0.1) is 0 Å². The third kappa shape index (κ3) is 9.11. The number of fused-ring (bicyclic) bond motifs is 5. The van der Waals surface area contributed by atoms with Gasteiger partial charge in [0.25, 0.3) is 0 Å². The minimum atomic E-state index is 0.223. The summed E-state index contributed by atoms with van der Waals surface area (Å²) in [5.74, 6) is 1.91. The van der Waals surface area contributed by atoms with E-state index in [0.717, 1.165) is 33.8 Å². The van der Waals surface area contributed by atoms with Crippen LogP contribution in [-0.2, 0) is 12.8 Å². The molecule has 0 aliphatic rings. The van der Waals surface area contributed by atoms with E-state index in [1.165, 1.54) is 157 Å². The van der Waals surface area contributed by atoms with Crippen LogP contribution in [0.5, 0.6) is 0 Å². The van der Waals surface area contributed by atoms with Gasteiger partial charge in [0.2, 0.25) is 0 Å². The summed E-state index contributed by atoms with van der Waals surface area (Å²) in [5, 5.41) is 5.05. The van der Waals surface area contributed by atoms with Crippen LogP contribution >= 0.6 is 0 Å². The van der Waals surface area contributed by atoms with E-state index in [9.17, 15) is 0 Å². The van der Waals surface area contributed by atoms with Gasteiger partial charge in [-0.25, -0.2) is 0 Å². The first-order valence-electron chi connectivity index (χ1n) is 20.2. The summed E-state index contributed by atoms with van der Waals surface area (Å²) < 4.78 is 15.7. The topological polar surface area (TPSA) is 26.3 Å². The van der Waals surface area contributed by atoms with Gasteiger partial charge in [-0.1, -0.05) is 90.9 Å². The molecule has 0 radical (unpaired) electrons. The second-order valence-electron chi connectivity index (χ2n) is 14.9. The van der Waals surface area contributed by atoms with E-state index in [0.29, 0.717) is 0 Å². The monoisotopic (exact) mass is 744 g/mol. The van der Waals surface area contributed by atoms with Crippen LogP contribution in [0.15, 0.2) is 93.8 Å². The predicted molar refractivity (Wildman–Crippen MR) is 221 cm³/mol. The maximum absolute atomic E-state index is 6.45. The summed E-state index contributed by atoms with van der Waals surface area (Å²) in [6.07, 6.45) is 24.2. The fourth-order valence-corrected chi connectivity index (χ4v) is 10.1. The van der Waals surface area contributed by atoms with Crippen molar-refractivity contribution in [3.05, 3.63) is 96.1 Å². The summed E-state index contributed by atoms with van der Waals surface area (Å²) in [6.45, 7) is 4.57. The van der Waals surface area contributed by atoms with Gasteiger partial charge in [0.1, 0.15) is 0 Å². The van der Waals surface area contributed by atoms with Crippen LogP contribution in [0.1, 0.15) is 128 Å². The second-order valence-corrected chi connectivity index (χ2v) is 17.2. The van der Waals surface area contributed by atoms with Gasteiger partial charge < -0.3 is 0 Å². The normalized spacial score (nSPS) is 12.0. The molecule has 0 aliphatic heterocycles. The molecule has 0 saturated heterocycles. The van der Waals surface area contributed by atoms with Crippen molar-refractivity contribution in [1.29, 1.82) is 0 Å². The first-order chi connectivity index (χ1) is 25.2. The molecule has 3 aromatic heterocycles. The Morgan fingerprint density at radius 2 is 0.784 bits per heavy atom. The number of unbranched alkanes of at least 4 members (excludes halogenated alkanes) is 14. The molecule has 0 atom stereocenters. The number of hydrogen-bond acceptors (Lipinski definition) is 2. The fraction of sp³-hybridized carbons (Fsp3) is 0.417. The molecular weight excluding hydrogens is 687 g/mol. The molecule has 0 fully saturated rings. The Hall–Kier alpha value is -3.52. The maximum atomic E-state index is 6.45. The molecule has 3 heterocycles. The Morgan fingerprint density at radius 3 is 1.18 bits per heavy atom. The van der Waals surface area contributed by atoms with Crippen LogP contribution < -0.4 is 0 Å². The van der Waals surface area contributed by atoms with Crippen molar-refractivity contribution in [2.75, 3.05) is 0 Å². The molecule has 3 heteroatoms. The van der Waals surface area contributed by atoms with Crippen molar-refractivity contribution in [2.45, 2.75) is 129 Å². The fourth-order valence-electron chi connectivity index (χ4n) is 7.73. The summed E-state index contributed by atoms with van der Waals surface area (Å²) in [6, 6.07) is 31.8. The van der Waals surface area contributed by atoms with Crippen LogP contribution in [0.25, 0.3) is 63.9 Å². The number of hydrogen-bond donors (Lipinski definition) is 0. The van der Waals surface area contributed by atoms with Crippen molar-refractivity contribution in [1.82, 2.24) is 0 Å². The van der Waals surface area contributed by atoms with Crippen LogP contribution in [0.3, 0.4) is 0 Å². The third-order valence-electron chi connectivity index (χ3n) is 10.9. The second kappa shape index (κ2) is 17.8. The van der Waals surface area contributed by atoms with E-state index in [-0.39, 0.29) is 14.5 Å². The van der Waals surface area contributed by atoms with Gasteiger partial charge in [-0.15, -0.1) is 0 Å². The average molecular weight is 744 g/mol. The molecule has 0 spiro atoms. The van der Waals surface area contributed by atoms with E-state index in [4.69, 9.17) is 8.83 Å².